The lowest BCUT2D eigenvalue weighted by Gasteiger charge is -1.94. The fraction of sp³-hybridized carbons (Fsp3) is 0.273. The Kier molecular flexibility index (Phi) is 2.87. The molecule has 2 N–H and O–H groups in total. The fourth-order valence-corrected chi connectivity index (χ4v) is 1.45. The molecule has 0 radical (unpaired) electrons. The van der Waals surface area contributed by atoms with Crippen LogP contribution in [0.4, 0.5) is 0 Å². The summed E-state index contributed by atoms with van der Waals surface area (Å²) in [5.74, 6) is 0.869. The van der Waals surface area contributed by atoms with Crippen LogP contribution in [0.5, 0.6) is 0 Å². The van der Waals surface area contributed by atoms with E-state index in [1.807, 2.05) is 13.1 Å². The predicted molar refractivity (Wildman–Crippen MR) is 57.8 cm³/mol. The van der Waals surface area contributed by atoms with Crippen LogP contribution in [-0.2, 0) is 20.0 Å². The van der Waals surface area contributed by atoms with Gasteiger partial charge in [0.15, 0.2) is 5.76 Å². The first kappa shape index (κ1) is 10.6. The normalized spacial score (nSPS) is 10.6. The third kappa shape index (κ3) is 2.20. The summed E-state index contributed by atoms with van der Waals surface area (Å²) >= 11 is 0. The molecule has 84 valence electrons. The van der Waals surface area contributed by atoms with Gasteiger partial charge in [0.05, 0.1) is 18.7 Å². The summed E-state index contributed by atoms with van der Waals surface area (Å²) in [4.78, 5) is 11.8. The summed E-state index contributed by atoms with van der Waals surface area (Å²) in [7, 11) is 1.81. The zero-order chi connectivity index (χ0) is 11.5. The molecule has 0 atom stereocenters. The van der Waals surface area contributed by atoms with E-state index in [1.54, 1.807) is 23.0 Å². The van der Waals surface area contributed by atoms with E-state index in [4.69, 9.17) is 10.2 Å². The van der Waals surface area contributed by atoms with Crippen LogP contribution >= 0.6 is 0 Å². The van der Waals surface area contributed by atoms with Crippen molar-refractivity contribution in [1.29, 1.82) is 0 Å². The molecule has 0 saturated carbocycles. The second-order valence-electron chi connectivity index (χ2n) is 3.55. The van der Waals surface area contributed by atoms with Gasteiger partial charge < -0.3 is 10.2 Å². The highest BCUT2D eigenvalue weighted by Gasteiger charge is 2.12. The number of Topliss-reactive ketones (excluding diaryl/α,β-unsaturated/α-hetero) is 1. The topological polar surface area (TPSA) is 74.0 Å². The number of nitrogens with zero attached hydrogens (tertiary/aromatic N) is 2. The van der Waals surface area contributed by atoms with E-state index >= 15 is 0 Å². The quantitative estimate of drug-likeness (QED) is 0.775. The molecule has 16 heavy (non-hydrogen) atoms. The van der Waals surface area contributed by atoms with Crippen LogP contribution in [0.25, 0.3) is 0 Å². The number of furan rings is 1. The molecule has 5 heteroatoms. The molecular weight excluding hydrogens is 206 g/mol. The maximum absolute atomic E-state index is 11.8. The molecule has 0 amide bonds. The van der Waals surface area contributed by atoms with Crippen LogP contribution in [0.1, 0.15) is 22.0 Å². The molecule has 2 rings (SSSR count). The van der Waals surface area contributed by atoms with Crippen molar-refractivity contribution in [2.75, 3.05) is 0 Å². The molecule has 0 aliphatic carbocycles. The second kappa shape index (κ2) is 4.32. The zero-order valence-corrected chi connectivity index (χ0v) is 9.01. The second-order valence-corrected chi connectivity index (χ2v) is 3.55. The Morgan fingerprint density at radius 3 is 2.88 bits per heavy atom. The molecule has 2 aromatic rings. The summed E-state index contributed by atoms with van der Waals surface area (Å²) in [6.07, 6.45) is 2.05. The maximum Gasteiger partial charge on any atom is 0.203 e. The molecule has 5 nitrogen and oxygen atoms in total. The molecule has 0 bridgehead atoms. The molecule has 0 aromatic carbocycles. The highest BCUT2D eigenvalue weighted by atomic mass is 16.3. The Hall–Kier alpha value is -1.88. The van der Waals surface area contributed by atoms with Gasteiger partial charge in [0.2, 0.25) is 5.78 Å². The van der Waals surface area contributed by atoms with Crippen molar-refractivity contribution in [3.05, 3.63) is 41.6 Å². The monoisotopic (exact) mass is 219 g/mol. The van der Waals surface area contributed by atoms with Crippen molar-refractivity contribution in [3.63, 3.8) is 0 Å². The number of carbonyl (C=O) groups is 1. The molecule has 0 aliphatic heterocycles. The highest BCUT2D eigenvalue weighted by Crippen LogP contribution is 2.10. The first-order valence-electron chi connectivity index (χ1n) is 4.99. The Morgan fingerprint density at radius 2 is 2.31 bits per heavy atom. The predicted octanol–water partition coefficient (Wildman–Crippen LogP) is 0.897. The third-order valence-corrected chi connectivity index (χ3v) is 2.25. The largest absolute Gasteiger partial charge is 0.457 e. The van der Waals surface area contributed by atoms with Crippen molar-refractivity contribution in [2.45, 2.75) is 13.0 Å². The minimum atomic E-state index is -0.0848. The minimum Gasteiger partial charge on any atom is -0.457 e. The van der Waals surface area contributed by atoms with E-state index in [0.717, 1.165) is 5.69 Å². The zero-order valence-electron chi connectivity index (χ0n) is 9.01. The van der Waals surface area contributed by atoms with E-state index in [0.29, 0.717) is 18.1 Å². The van der Waals surface area contributed by atoms with E-state index < -0.39 is 0 Å². The van der Waals surface area contributed by atoms with Crippen LogP contribution in [0.3, 0.4) is 0 Å². The standard InChI is InChI=1S/C11H13N3O2/c1-14-5-4-8(13-14)6-10(15)11-3-2-9(7-12)16-11/h2-5H,6-7,12H2,1H3. The fourth-order valence-electron chi connectivity index (χ4n) is 1.45. The van der Waals surface area contributed by atoms with Crippen LogP contribution in [0, 0.1) is 0 Å². The van der Waals surface area contributed by atoms with Crippen LogP contribution in [0.15, 0.2) is 28.8 Å². The van der Waals surface area contributed by atoms with Crippen molar-refractivity contribution >= 4 is 5.78 Å². The summed E-state index contributed by atoms with van der Waals surface area (Å²) < 4.78 is 6.93. The van der Waals surface area contributed by atoms with Gasteiger partial charge >= 0.3 is 0 Å². The van der Waals surface area contributed by atoms with Crippen molar-refractivity contribution in [2.24, 2.45) is 12.8 Å². The average molecular weight is 219 g/mol. The molecule has 2 heterocycles. The van der Waals surface area contributed by atoms with Gasteiger partial charge in [-0.25, -0.2) is 0 Å². The van der Waals surface area contributed by atoms with Gasteiger partial charge in [-0.1, -0.05) is 0 Å². The SMILES string of the molecule is Cn1ccc(CC(=O)c2ccc(CN)o2)n1. The minimum absolute atomic E-state index is 0.0848. The number of nitrogens with two attached hydrogens (primary N) is 1. The first-order chi connectivity index (χ1) is 7.69. The van der Waals surface area contributed by atoms with Gasteiger partial charge in [0.1, 0.15) is 5.76 Å². The highest BCUT2D eigenvalue weighted by molar-refractivity contribution is 5.94. The Labute approximate surface area is 92.9 Å². The number of rotatable bonds is 4. The lowest BCUT2D eigenvalue weighted by atomic mass is 10.2. The van der Waals surface area contributed by atoms with Crippen molar-refractivity contribution in [1.82, 2.24) is 9.78 Å². The van der Waals surface area contributed by atoms with Gasteiger partial charge in [-0.15, -0.1) is 0 Å². The third-order valence-electron chi connectivity index (χ3n) is 2.25. The molecule has 0 spiro atoms. The molecular formula is C11H13N3O2. The number of carbonyl (C=O) groups excluding carboxylic acids is 1. The lowest BCUT2D eigenvalue weighted by molar-refractivity contribution is 0.0963. The number of aryl methyl sites for hydroxylation is 1. The van der Waals surface area contributed by atoms with Gasteiger partial charge in [-0.05, 0) is 18.2 Å². The molecule has 0 unspecified atom stereocenters. The van der Waals surface area contributed by atoms with Gasteiger partial charge in [-0.3, -0.25) is 9.48 Å². The van der Waals surface area contributed by atoms with Gasteiger partial charge in [-0.2, -0.15) is 5.10 Å². The molecule has 0 saturated heterocycles. The molecule has 0 fully saturated rings. The maximum atomic E-state index is 11.8. The lowest BCUT2D eigenvalue weighted by Crippen LogP contribution is -2.03. The Morgan fingerprint density at radius 1 is 1.50 bits per heavy atom. The summed E-state index contributed by atoms with van der Waals surface area (Å²) in [5.41, 5.74) is 6.13. The number of aromatic nitrogens is 2. The summed E-state index contributed by atoms with van der Waals surface area (Å²) in [6, 6.07) is 5.17. The van der Waals surface area contributed by atoms with Crippen LogP contribution < -0.4 is 5.73 Å². The van der Waals surface area contributed by atoms with E-state index in [2.05, 4.69) is 5.10 Å². The van der Waals surface area contributed by atoms with Gasteiger partial charge in [0, 0.05) is 13.2 Å². The smallest absolute Gasteiger partial charge is 0.203 e. The first-order valence-corrected chi connectivity index (χ1v) is 4.99. The summed E-state index contributed by atoms with van der Waals surface area (Å²) in [6.45, 7) is 0.302. The number of hydrogen-bond acceptors (Lipinski definition) is 4. The number of hydrogen-bond donors (Lipinski definition) is 1. The van der Waals surface area contributed by atoms with Crippen molar-refractivity contribution in [3.8, 4) is 0 Å². The van der Waals surface area contributed by atoms with Crippen LogP contribution in [-0.4, -0.2) is 15.6 Å². The Balaban J connectivity index is 2.08. The van der Waals surface area contributed by atoms with Gasteiger partial charge in [0.25, 0.3) is 0 Å². The van der Waals surface area contributed by atoms with Crippen LogP contribution in [0.2, 0.25) is 0 Å². The number of ketones is 1. The van der Waals surface area contributed by atoms with E-state index in [-0.39, 0.29) is 12.2 Å². The molecule has 0 aliphatic rings. The average Bonchev–Trinajstić information content (AvgIpc) is 2.87. The molecule has 2 aromatic heterocycles. The van der Waals surface area contributed by atoms with E-state index in [1.165, 1.54) is 0 Å². The van der Waals surface area contributed by atoms with E-state index in [9.17, 15) is 4.79 Å². The van der Waals surface area contributed by atoms with Crippen molar-refractivity contribution < 1.29 is 9.21 Å². The summed E-state index contributed by atoms with van der Waals surface area (Å²) in [5, 5.41) is 4.13. The Bertz CT molecular complexity index is 499.